The summed E-state index contributed by atoms with van der Waals surface area (Å²) in [7, 11) is 0. The Bertz CT molecular complexity index is 541. The van der Waals surface area contributed by atoms with E-state index in [4.69, 9.17) is 4.74 Å². The molecule has 1 spiro atoms. The molecule has 5 heteroatoms. The van der Waals surface area contributed by atoms with Gasteiger partial charge in [0.05, 0.1) is 5.60 Å². The van der Waals surface area contributed by atoms with Crippen molar-refractivity contribution in [2.75, 3.05) is 13.2 Å². The Morgan fingerprint density at radius 2 is 2.10 bits per heavy atom. The molecule has 1 atom stereocenters. The van der Waals surface area contributed by atoms with Crippen molar-refractivity contribution in [2.24, 2.45) is 0 Å². The molecule has 2 heterocycles. The molecule has 2 aliphatic heterocycles. The first-order valence-corrected chi connectivity index (χ1v) is 7.44. The Morgan fingerprint density at radius 1 is 1.24 bits per heavy atom. The smallest absolute Gasteiger partial charge is 0.222 e. The SMILES string of the molecule is O=C1CCC2(CCCO2)CCN1Cc1ccc(F)cc1F. The van der Waals surface area contributed by atoms with Crippen LogP contribution >= 0.6 is 0 Å². The number of benzene rings is 1. The molecule has 1 aromatic carbocycles. The molecule has 0 bridgehead atoms. The van der Waals surface area contributed by atoms with E-state index < -0.39 is 11.6 Å². The van der Waals surface area contributed by atoms with Gasteiger partial charge in [0.25, 0.3) is 0 Å². The van der Waals surface area contributed by atoms with E-state index in [1.165, 1.54) is 12.1 Å². The Labute approximate surface area is 122 Å². The fraction of sp³-hybridized carbons (Fsp3) is 0.562. The van der Waals surface area contributed by atoms with E-state index in [2.05, 4.69) is 0 Å². The molecule has 2 saturated heterocycles. The summed E-state index contributed by atoms with van der Waals surface area (Å²) in [4.78, 5) is 13.9. The van der Waals surface area contributed by atoms with Crippen molar-refractivity contribution < 1.29 is 18.3 Å². The number of nitrogens with zero attached hydrogens (tertiary/aromatic N) is 1. The summed E-state index contributed by atoms with van der Waals surface area (Å²) in [5.41, 5.74) is 0.194. The van der Waals surface area contributed by atoms with Crippen molar-refractivity contribution in [3.8, 4) is 0 Å². The van der Waals surface area contributed by atoms with Crippen molar-refractivity contribution in [1.29, 1.82) is 0 Å². The molecule has 21 heavy (non-hydrogen) atoms. The topological polar surface area (TPSA) is 29.5 Å². The third kappa shape index (κ3) is 3.07. The highest BCUT2D eigenvalue weighted by atomic mass is 19.1. The molecule has 114 valence electrons. The van der Waals surface area contributed by atoms with Gasteiger partial charge in [-0.2, -0.15) is 0 Å². The maximum atomic E-state index is 13.7. The highest BCUT2D eigenvalue weighted by molar-refractivity contribution is 5.76. The number of hydrogen-bond donors (Lipinski definition) is 0. The van der Waals surface area contributed by atoms with E-state index in [1.807, 2.05) is 0 Å². The number of ether oxygens (including phenoxy) is 1. The summed E-state index contributed by atoms with van der Waals surface area (Å²) >= 11 is 0. The van der Waals surface area contributed by atoms with Gasteiger partial charge >= 0.3 is 0 Å². The summed E-state index contributed by atoms with van der Waals surface area (Å²) in [6.07, 6.45) is 4.01. The molecule has 0 radical (unpaired) electrons. The molecule has 1 aromatic rings. The zero-order valence-electron chi connectivity index (χ0n) is 11.9. The minimum Gasteiger partial charge on any atom is -0.375 e. The van der Waals surface area contributed by atoms with Crippen LogP contribution in [0.5, 0.6) is 0 Å². The predicted molar refractivity (Wildman–Crippen MR) is 73.5 cm³/mol. The molecule has 3 rings (SSSR count). The fourth-order valence-corrected chi connectivity index (χ4v) is 3.25. The Balaban J connectivity index is 1.71. The minimum atomic E-state index is -0.600. The molecule has 0 saturated carbocycles. The first-order valence-electron chi connectivity index (χ1n) is 7.44. The zero-order valence-corrected chi connectivity index (χ0v) is 11.9. The van der Waals surface area contributed by atoms with Gasteiger partial charge in [-0.25, -0.2) is 8.78 Å². The maximum Gasteiger partial charge on any atom is 0.222 e. The van der Waals surface area contributed by atoms with Crippen molar-refractivity contribution in [3.63, 3.8) is 0 Å². The van der Waals surface area contributed by atoms with E-state index in [1.54, 1.807) is 4.90 Å². The molecule has 0 aromatic heterocycles. The summed E-state index contributed by atoms with van der Waals surface area (Å²) in [5, 5.41) is 0. The standard InChI is InChI=1S/C16H19F2NO2/c17-13-3-2-12(14(18)10-13)11-19-8-7-16(5-1-9-21-16)6-4-15(19)20/h2-3,10H,1,4-9,11H2. The van der Waals surface area contributed by atoms with Gasteiger partial charge in [0.1, 0.15) is 11.6 Å². The molecular weight excluding hydrogens is 276 g/mol. The molecule has 0 N–H and O–H groups in total. The van der Waals surface area contributed by atoms with E-state index in [9.17, 15) is 13.6 Å². The molecular formula is C16H19F2NO2. The van der Waals surface area contributed by atoms with E-state index >= 15 is 0 Å². The summed E-state index contributed by atoms with van der Waals surface area (Å²) in [6, 6.07) is 3.49. The summed E-state index contributed by atoms with van der Waals surface area (Å²) in [5.74, 6) is -1.18. The molecule has 3 nitrogen and oxygen atoms in total. The number of carbonyl (C=O) groups is 1. The van der Waals surface area contributed by atoms with Gasteiger partial charge in [-0.05, 0) is 31.7 Å². The largest absolute Gasteiger partial charge is 0.375 e. The molecule has 2 aliphatic rings. The van der Waals surface area contributed by atoms with Crippen LogP contribution in [0.2, 0.25) is 0 Å². The van der Waals surface area contributed by atoms with Crippen LogP contribution in [-0.2, 0) is 16.1 Å². The molecule has 0 aliphatic carbocycles. The maximum absolute atomic E-state index is 13.7. The van der Waals surface area contributed by atoms with Gasteiger partial charge in [-0.1, -0.05) is 6.07 Å². The van der Waals surface area contributed by atoms with Crippen LogP contribution in [0.15, 0.2) is 18.2 Å². The second kappa shape index (κ2) is 5.72. The van der Waals surface area contributed by atoms with Gasteiger partial charge in [-0.3, -0.25) is 4.79 Å². The summed E-state index contributed by atoms with van der Waals surface area (Å²) in [6.45, 7) is 1.53. The Morgan fingerprint density at radius 3 is 2.81 bits per heavy atom. The van der Waals surface area contributed by atoms with Gasteiger partial charge in [0.2, 0.25) is 5.91 Å². The molecule has 1 amide bonds. The number of rotatable bonds is 2. The number of likely N-dealkylation sites (tertiary alicyclic amines) is 1. The van der Waals surface area contributed by atoms with Crippen LogP contribution < -0.4 is 0 Å². The average molecular weight is 295 g/mol. The summed E-state index contributed by atoms with van der Waals surface area (Å²) < 4.78 is 32.5. The average Bonchev–Trinajstić information content (AvgIpc) is 2.86. The van der Waals surface area contributed by atoms with Crippen LogP contribution in [0.25, 0.3) is 0 Å². The van der Waals surface area contributed by atoms with Gasteiger partial charge in [-0.15, -0.1) is 0 Å². The Kier molecular flexibility index (Phi) is 3.93. The lowest BCUT2D eigenvalue weighted by Crippen LogP contribution is -2.32. The lowest BCUT2D eigenvalue weighted by atomic mass is 9.92. The van der Waals surface area contributed by atoms with Gasteiger partial charge < -0.3 is 9.64 Å². The lowest BCUT2D eigenvalue weighted by Gasteiger charge is -2.26. The first kappa shape index (κ1) is 14.4. The predicted octanol–water partition coefficient (Wildman–Crippen LogP) is 3.03. The number of hydrogen-bond acceptors (Lipinski definition) is 2. The monoisotopic (exact) mass is 295 g/mol. The highest BCUT2D eigenvalue weighted by Gasteiger charge is 2.38. The lowest BCUT2D eigenvalue weighted by molar-refractivity contribution is -0.131. The van der Waals surface area contributed by atoms with E-state index in [-0.39, 0.29) is 18.1 Å². The normalized spacial score (nSPS) is 26.4. The number of amides is 1. The minimum absolute atomic E-state index is 0.0195. The van der Waals surface area contributed by atoms with E-state index in [0.717, 1.165) is 38.4 Å². The van der Waals surface area contributed by atoms with Gasteiger partial charge in [0.15, 0.2) is 0 Å². The van der Waals surface area contributed by atoms with Crippen molar-refractivity contribution in [2.45, 2.75) is 44.2 Å². The second-order valence-electron chi connectivity index (χ2n) is 5.94. The molecule has 2 fully saturated rings. The fourth-order valence-electron chi connectivity index (χ4n) is 3.25. The second-order valence-corrected chi connectivity index (χ2v) is 5.94. The van der Waals surface area contributed by atoms with Crippen LogP contribution in [0.1, 0.15) is 37.7 Å². The van der Waals surface area contributed by atoms with E-state index in [0.29, 0.717) is 18.5 Å². The van der Waals surface area contributed by atoms with Gasteiger partial charge in [0, 0.05) is 37.7 Å². The first-order chi connectivity index (χ1) is 10.1. The zero-order chi connectivity index (χ0) is 14.9. The number of halogens is 2. The quantitative estimate of drug-likeness (QED) is 0.839. The van der Waals surface area contributed by atoms with Crippen molar-refractivity contribution in [1.82, 2.24) is 4.90 Å². The van der Waals surface area contributed by atoms with Crippen molar-refractivity contribution in [3.05, 3.63) is 35.4 Å². The molecule has 1 unspecified atom stereocenters. The number of carbonyl (C=O) groups excluding carboxylic acids is 1. The Hall–Kier alpha value is -1.49. The van der Waals surface area contributed by atoms with Crippen LogP contribution in [0.4, 0.5) is 8.78 Å². The van der Waals surface area contributed by atoms with Crippen LogP contribution in [-0.4, -0.2) is 29.6 Å². The third-order valence-corrected chi connectivity index (χ3v) is 4.55. The van der Waals surface area contributed by atoms with Crippen molar-refractivity contribution >= 4 is 5.91 Å². The van der Waals surface area contributed by atoms with Crippen LogP contribution in [0.3, 0.4) is 0 Å². The highest BCUT2D eigenvalue weighted by Crippen LogP contribution is 2.36. The van der Waals surface area contributed by atoms with Crippen LogP contribution in [0, 0.1) is 11.6 Å². The third-order valence-electron chi connectivity index (χ3n) is 4.55.